The van der Waals surface area contributed by atoms with E-state index in [1.807, 2.05) is 0 Å². The first-order valence-corrected chi connectivity index (χ1v) is 6.21. The van der Waals surface area contributed by atoms with Gasteiger partial charge in [0.1, 0.15) is 5.54 Å². The number of carbonyl (C=O) groups is 2. The van der Waals surface area contributed by atoms with Crippen LogP contribution in [0.4, 0.5) is 0 Å². The Hall–Kier alpha value is -2.24. The van der Waals surface area contributed by atoms with Crippen molar-refractivity contribution in [2.75, 3.05) is 20.8 Å². The summed E-state index contributed by atoms with van der Waals surface area (Å²) < 4.78 is 10.3. The van der Waals surface area contributed by atoms with Crippen molar-refractivity contribution in [3.8, 4) is 11.5 Å². The molecule has 1 aromatic carbocycles. The second-order valence-electron chi connectivity index (χ2n) is 4.86. The third-order valence-electron chi connectivity index (χ3n) is 3.75. The third kappa shape index (κ3) is 2.07. The van der Waals surface area contributed by atoms with E-state index in [-0.39, 0.29) is 5.91 Å². The third-order valence-corrected chi connectivity index (χ3v) is 3.75. The fourth-order valence-corrected chi connectivity index (χ4v) is 2.23. The van der Waals surface area contributed by atoms with E-state index in [2.05, 4.69) is 0 Å². The molecule has 2 rings (SSSR count). The number of methoxy groups -OCH3 is 2. The van der Waals surface area contributed by atoms with E-state index in [4.69, 9.17) is 9.47 Å². The van der Waals surface area contributed by atoms with Crippen LogP contribution in [0.1, 0.15) is 23.7 Å². The number of hydrogen-bond acceptors (Lipinski definition) is 4. The molecule has 0 aliphatic carbocycles. The smallest absolute Gasteiger partial charge is 0.329 e. The second-order valence-corrected chi connectivity index (χ2v) is 4.86. The molecule has 1 N–H and O–H groups in total. The molecule has 1 aliphatic heterocycles. The van der Waals surface area contributed by atoms with Crippen LogP contribution >= 0.6 is 0 Å². The lowest BCUT2D eigenvalue weighted by atomic mass is 9.86. The first-order valence-electron chi connectivity index (χ1n) is 6.21. The Morgan fingerprint density at radius 2 is 1.90 bits per heavy atom. The Bertz CT molecular complexity index is 556. The van der Waals surface area contributed by atoms with Crippen LogP contribution in [0.5, 0.6) is 11.5 Å². The molecule has 0 bridgehead atoms. The summed E-state index contributed by atoms with van der Waals surface area (Å²) in [5.74, 6) is -0.343. The van der Waals surface area contributed by atoms with Crippen LogP contribution in [0, 0.1) is 0 Å². The topological polar surface area (TPSA) is 76.1 Å². The highest BCUT2D eigenvalue weighted by atomic mass is 16.5. The summed E-state index contributed by atoms with van der Waals surface area (Å²) in [4.78, 5) is 25.0. The van der Waals surface area contributed by atoms with Crippen molar-refractivity contribution in [3.05, 3.63) is 23.8 Å². The van der Waals surface area contributed by atoms with Crippen molar-refractivity contribution < 1.29 is 24.2 Å². The molecular weight excluding hydrogens is 262 g/mol. The molecule has 0 radical (unpaired) electrons. The molecule has 108 valence electrons. The average Bonchev–Trinajstić information content (AvgIpc) is 2.44. The van der Waals surface area contributed by atoms with E-state index >= 15 is 0 Å². The van der Waals surface area contributed by atoms with Gasteiger partial charge in [0, 0.05) is 12.1 Å². The fourth-order valence-electron chi connectivity index (χ4n) is 2.23. The van der Waals surface area contributed by atoms with Gasteiger partial charge in [-0.25, -0.2) is 4.79 Å². The lowest BCUT2D eigenvalue weighted by molar-refractivity contribution is -0.155. The number of ether oxygens (including phenoxy) is 2. The number of rotatable bonds is 4. The van der Waals surface area contributed by atoms with E-state index in [0.717, 1.165) is 0 Å². The monoisotopic (exact) mass is 279 g/mol. The lowest BCUT2D eigenvalue weighted by Gasteiger charge is -2.47. The molecule has 1 fully saturated rings. The SMILES string of the molecule is COc1ccc(C(=O)N2CCC2(C)C(=O)O)cc1OC. The Kier molecular flexibility index (Phi) is 3.57. The van der Waals surface area contributed by atoms with Gasteiger partial charge in [-0.3, -0.25) is 4.79 Å². The Labute approximate surface area is 116 Å². The maximum atomic E-state index is 12.4. The van der Waals surface area contributed by atoms with Crippen LogP contribution in [-0.2, 0) is 4.79 Å². The van der Waals surface area contributed by atoms with E-state index in [1.165, 1.54) is 19.1 Å². The summed E-state index contributed by atoms with van der Waals surface area (Å²) in [6, 6.07) is 4.79. The molecule has 1 heterocycles. The van der Waals surface area contributed by atoms with Crippen LogP contribution in [0.25, 0.3) is 0 Å². The maximum Gasteiger partial charge on any atom is 0.329 e. The van der Waals surface area contributed by atoms with Gasteiger partial charge in [0.05, 0.1) is 14.2 Å². The van der Waals surface area contributed by atoms with Gasteiger partial charge < -0.3 is 19.5 Å². The molecule has 0 spiro atoms. The Morgan fingerprint density at radius 3 is 2.35 bits per heavy atom. The molecular formula is C14H17NO5. The van der Waals surface area contributed by atoms with Gasteiger partial charge in [0.15, 0.2) is 11.5 Å². The van der Waals surface area contributed by atoms with Crippen molar-refractivity contribution in [2.45, 2.75) is 18.9 Å². The number of benzene rings is 1. The zero-order valence-corrected chi connectivity index (χ0v) is 11.7. The summed E-state index contributed by atoms with van der Waals surface area (Å²) in [7, 11) is 2.99. The summed E-state index contributed by atoms with van der Waals surface area (Å²) in [6.07, 6.45) is 0.460. The zero-order valence-electron chi connectivity index (χ0n) is 11.7. The Morgan fingerprint density at radius 1 is 1.25 bits per heavy atom. The molecule has 1 aliphatic rings. The van der Waals surface area contributed by atoms with Gasteiger partial charge >= 0.3 is 5.97 Å². The molecule has 6 heteroatoms. The van der Waals surface area contributed by atoms with Crippen molar-refractivity contribution in [1.82, 2.24) is 4.90 Å². The zero-order chi connectivity index (χ0) is 14.9. The van der Waals surface area contributed by atoms with Crippen LogP contribution in [0.3, 0.4) is 0 Å². The first kappa shape index (κ1) is 14.2. The number of aliphatic carboxylic acids is 1. The summed E-state index contributed by atoms with van der Waals surface area (Å²) in [5.41, 5.74) is -0.737. The molecule has 1 saturated heterocycles. The number of hydrogen-bond donors (Lipinski definition) is 1. The Balaban J connectivity index is 2.28. The normalized spacial score (nSPS) is 21.1. The summed E-state index contributed by atoms with van der Waals surface area (Å²) in [5, 5.41) is 9.20. The number of amides is 1. The number of carboxylic acid groups (broad SMARTS) is 1. The molecule has 1 unspecified atom stereocenters. The van der Waals surface area contributed by atoms with Crippen LogP contribution in [-0.4, -0.2) is 48.2 Å². The molecule has 1 amide bonds. The quantitative estimate of drug-likeness (QED) is 0.901. The lowest BCUT2D eigenvalue weighted by Crippen LogP contribution is -2.64. The van der Waals surface area contributed by atoms with Crippen LogP contribution in [0.2, 0.25) is 0 Å². The van der Waals surface area contributed by atoms with Gasteiger partial charge in [-0.2, -0.15) is 0 Å². The predicted octanol–water partition coefficient (Wildman–Crippen LogP) is 1.39. The molecule has 20 heavy (non-hydrogen) atoms. The van der Waals surface area contributed by atoms with E-state index in [1.54, 1.807) is 25.1 Å². The van der Waals surface area contributed by atoms with Gasteiger partial charge in [0.2, 0.25) is 0 Å². The highest BCUT2D eigenvalue weighted by Gasteiger charge is 2.49. The van der Waals surface area contributed by atoms with Crippen molar-refractivity contribution in [3.63, 3.8) is 0 Å². The standard InChI is InChI=1S/C14H17NO5/c1-14(13(17)18)6-7-15(14)12(16)9-4-5-10(19-2)11(8-9)20-3/h4-5,8H,6-7H2,1-3H3,(H,17,18). The molecule has 1 aromatic rings. The van der Waals surface area contributed by atoms with Crippen molar-refractivity contribution in [1.29, 1.82) is 0 Å². The van der Waals surface area contributed by atoms with Crippen molar-refractivity contribution >= 4 is 11.9 Å². The number of likely N-dealkylation sites (tertiary alicyclic amines) is 1. The van der Waals surface area contributed by atoms with Gasteiger partial charge in [-0.1, -0.05) is 0 Å². The van der Waals surface area contributed by atoms with Gasteiger partial charge in [0.25, 0.3) is 5.91 Å². The minimum Gasteiger partial charge on any atom is -0.493 e. The first-order chi connectivity index (χ1) is 9.43. The summed E-state index contributed by atoms with van der Waals surface area (Å²) >= 11 is 0. The second kappa shape index (κ2) is 5.03. The minimum atomic E-state index is -1.12. The fraction of sp³-hybridized carbons (Fsp3) is 0.429. The van der Waals surface area contributed by atoms with Gasteiger partial charge in [-0.15, -0.1) is 0 Å². The van der Waals surface area contributed by atoms with E-state index < -0.39 is 11.5 Å². The largest absolute Gasteiger partial charge is 0.493 e. The van der Waals surface area contributed by atoms with E-state index in [0.29, 0.717) is 30.0 Å². The van der Waals surface area contributed by atoms with Gasteiger partial charge in [-0.05, 0) is 31.5 Å². The summed E-state index contributed by atoms with van der Waals surface area (Å²) in [6.45, 7) is 1.99. The predicted molar refractivity (Wildman–Crippen MR) is 71.2 cm³/mol. The molecule has 6 nitrogen and oxygen atoms in total. The van der Waals surface area contributed by atoms with Crippen LogP contribution < -0.4 is 9.47 Å². The molecule has 1 atom stereocenters. The molecule has 0 aromatic heterocycles. The van der Waals surface area contributed by atoms with E-state index in [9.17, 15) is 14.7 Å². The highest BCUT2D eigenvalue weighted by Crippen LogP contribution is 2.34. The van der Waals surface area contributed by atoms with Crippen molar-refractivity contribution in [2.24, 2.45) is 0 Å². The van der Waals surface area contributed by atoms with Crippen LogP contribution in [0.15, 0.2) is 18.2 Å². The number of carboxylic acids is 1. The molecule has 0 saturated carbocycles. The average molecular weight is 279 g/mol. The number of carbonyl (C=O) groups excluding carboxylic acids is 1. The highest BCUT2D eigenvalue weighted by molar-refractivity contribution is 5.99. The minimum absolute atomic E-state index is 0.317. The number of nitrogens with zero attached hydrogens (tertiary/aromatic N) is 1. The maximum absolute atomic E-state index is 12.4.